The molecule has 0 radical (unpaired) electrons. The van der Waals surface area contributed by atoms with Crippen LogP contribution >= 0.6 is 0 Å². The average Bonchev–Trinajstić information content (AvgIpc) is 2.50. The van der Waals surface area contributed by atoms with Crippen LogP contribution in [0.1, 0.15) is 25.3 Å². The average molecular weight is 268 g/mol. The Morgan fingerprint density at radius 3 is 2.60 bits per heavy atom. The van der Waals surface area contributed by atoms with Gasteiger partial charge in [-0.2, -0.15) is 5.10 Å². The number of para-hydroxylation sites is 2. The second kappa shape index (κ2) is 8.00. The molecule has 0 amide bonds. The first kappa shape index (κ1) is 14.1. The van der Waals surface area contributed by atoms with E-state index >= 15 is 0 Å². The van der Waals surface area contributed by atoms with Crippen LogP contribution < -0.4 is 10.2 Å². The predicted molar refractivity (Wildman–Crippen MR) is 84.5 cm³/mol. The maximum atomic E-state index is 5.76. The molecule has 0 spiro atoms. The van der Waals surface area contributed by atoms with Gasteiger partial charge in [-0.3, -0.25) is 5.43 Å². The van der Waals surface area contributed by atoms with E-state index in [1.807, 2.05) is 54.6 Å². The summed E-state index contributed by atoms with van der Waals surface area (Å²) in [6.07, 6.45) is 3.98. The summed E-state index contributed by atoms with van der Waals surface area (Å²) in [5, 5.41) is 4.25. The van der Waals surface area contributed by atoms with Crippen molar-refractivity contribution in [2.45, 2.75) is 19.8 Å². The molecule has 2 aromatic rings. The summed E-state index contributed by atoms with van der Waals surface area (Å²) in [7, 11) is 0. The third-order valence-corrected chi connectivity index (χ3v) is 2.85. The molecular weight excluding hydrogens is 248 g/mol. The molecule has 2 rings (SSSR count). The fraction of sp³-hybridized carbons (Fsp3) is 0.235. The largest absolute Gasteiger partial charge is 0.493 e. The zero-order chi connectivity index (χ0) is 14.0. The molecule has 20 heavy (non-hydrogen) atoms. The summed E-state index contributed by atoms with van der Waals surface area (Å²) >= 11 is 0. The first-order valence-corrected chi connectivity index (χ1v) is 6.96. The van der Waals surface area contributed by atoms with Crippen molar-refractivity contribution in [1.29, 1.82) is 0 Å². The van der Waals surface area contributed by atoms with Crippen LogP contribution in [0.4, 0.5) is 5.69 Å². The lowest BCUT2D eigenvalue weighted by Crippen LogP contribution is -2.00. The third-order valence-electron chi connectivity index (χ3n) is 2.85. The number of hydrogen-bond donors (Lipinski definition) is 1. The van der Waals surface area contributed by atoms with Gasteiger partial charge in [0.25, 0.3) is 0 Å². The molecule has 0 aromatic heterocycles. The molecule has 0 fully saturated rings. The van der Waals surface area contributed by atoms with Crippen molar-refractivity contribution >= 4 is 11.9 Å². The summed E-state index contributed by atoms with van der Waals surface area (Å²) in [6, 6.07) is 17.8. The van der Waals surface area contributed by atoms with Crippen LogP contribution in [0.15, 0.2) is 59.7 Å². The Labute approximate surface area is 120 Å². The minimum atomic E-state index is 0.744. The molecule has 3 nitrogen and oxygen atoms in total. The van der Waals surface area contributed by atoms with Crippen molar-refractivity contribution in [3.8, 4) is 5.75 Å². The molecule has 0 saturated heterocycles. The lowest BCUT2D eigenvalue weighted by atomic mass is 10.2. The molecule has 0 aliphatic heterocycles. The van der Waals surface area contributed by atoms with E-state index in [9.17, 15) is 0 Å². The molecule has 104 valence electrons. The minimum Gasteiger partial charge on any atom is -0.493 e. The molecular formula is C17H20N2O. The Bertz CT molecular complexity index is 538. The van der Waals surface area contributed by atoms with Crippen LogP contribution in [0, 0.1) is 0 Å². The monoisotopic (exact) mass is 268 g/mol. The fourth-order valence-corrected chi connectivity index (χ4v) is 1.73. The number of hydrogen-bond acceptors (Lipinski definition) is 3. The van der Waals surface area contributed by atoms with Crippen LogP contribution in [-0.4, -0.2) is 12.8 Å². The number of ether oxygens (including phenoxy) is 1. The molecule has 0 saturated carbocycles. The number of nitrogens with zero attached hydrogens (tertiary/aromatic N) is 1. The van der Waals surface area contributed by atoms with Gasteiger partial charge in [-0.1, -0.05) is 43.7 Å². The van der Waals surface area contributed by atoms with Gasteiger partial charge < -0.3 is 4.74 Å². The van der Waals surface area contributed by atoms with Crippen LogP contribution in [0.5, 0.6) is 5.75 Å². The Kier molecular flexibility index (Phi) is 5.65. The first-order chi connectivity index (χ1) is 9.90. The van der Waals surface area contributed by atoms with Gasteiger partial charge in [0.1, 0.15) is 5.75 Å². The summed E-state index contributed by atoms with van der Waals surface area (Å²) in [5.74, 6) is 0.875. The SMILES string of the molecule is CCCCOc1ccccc1C=NNc1ccccc1. The quantitative estimate of drug-likeness (QED) is 0.461. The molecule has 0 aliphatic rings. The van der Waals surface area contributed by atoms with E-state index in [4.69, 9.17) is 4.74 Å². The maximum absolute atomic E-state index is 5.76. The molecule has 0 bridgehead atoms. The summed E-state index contributed by atoms with van der Waals surface area (Å²) in [6.45, 7) is 2.90. The second-order valence-corrected chi connectivity index (χ2v) is 4.48. The molecule has 1 N–H and O–H groups in total. The lowest BCUT2D eigenvalue weighted by Gasteiger charge is -2.08. The first-order valence-electron chi connectivity index (χ1n) is 6.96. The number of rotatable bonds is 7. The van der Waals surface area contributed by atoms with Crippen molar-refractivity contribution in [3.63, 3.8) is 0 Å². The molecule has 0 atom stereocenters. The van der Waals surface area contributed by atoms with Crippen molar-refractivity contribution in [3.05, 3.63) is 60.2 Å². The minimum absolute atomic E-state index is 0.744. The zero-order valence-corrected chi connectivity index (χ0v) is 11.8. The number of anilines is 1. The highest BCUT2D eigenvalue weighted by Crippen LogP contribution is 2.16. The zero-order valence-electron chi connectivity index (χ0n) is 11.8. The van der Waals surface area contributed by atoms with E-state index in [-0.39, 0.29) is 0 Å². The molecule has 0 unspecified atom stereocenters. The van der Waals surface area contributed by atoms with E-state index in [1.54, 1.807) is 6.21 Å². The summed E-state index contributed by atoms with van der Waals surface area (Å²) in [4.78, 5) is 0. The van der Waals surface area contributed by atoms with Crippen LogP contribution in [0.25, 0.3) is 0 Å². The molecule has 3 heteroatoms. The third kappa shape index (κ3) is 4.43. The number of unbranched alkanes of at least 4 members (excludes halogenated alkanes) is 1. The number of benzene rings is 2. The Balaban J connectivity index is 1.97. The number of hydrazone groups is 1. The van der Waals surface area contributed by atoms with Gasteiger partial charge >= 0.3 is 0 Å². The Hall–Kier alpha value is -2.29. The van der Waals surface area contributed by atoms with Gasteiger partial charge in [-0.05, 0) is 30.7 Å². The van der Waals surface area contributed by atoms with Gasteiger partial charge in [-0.15, -0.1) is 0 Å². The maximum Gasteiger partial charge on any atom is 0.128 e. The topological polar surface area (TPSA) is 33.6 Å². The molecule has 0 aliphatic carbocycles. The van der Waals surface area contributed by atoms with Crippen molar-refractivity contribution in [2.75, 3.05) is 12.0 Å². The lowest BCUT2D eigenvalue weighted by molar-refractivity contribution is 0.309. The van der Waals surface area contributed by atoms with Gasteiger partial charge in [0.05, 0.1) is 18.5 Å². The predicted octanol–water partition coefficient (Wildman–Crippen LogP) is 4.31. The van der Waals surface area contributed by atoms with Gasteiger partial charge in [0.2, 0.25) is 0 Å². The summed E-state index contributed by atoms with van der Waals surface area (Å²) < 4.78 is 5.76. The van der Waals surface area contributed by atoms with Gasteiger partial charge in [0, 0.05) is 5.56 Å². The van der Waals surface area contributed by atoms with E-state index in [2.05, 4.69) is 17.5 Å². The van der Waals surface area contributed by atoms with Crippen molar-refractivity contribution < 1.29 is 4.74 Å². The second-order valence-electron chi connectivity index (χ2n) is 4.48. The fourth-order valence-electron chi connectivity index (χ4n) is 1.73. The standard InChI is InChI=1S/C17H20N2O/c1-2-3-13-20-17-12-8-7-9-15(17)14-18-19-16-10-5-4-6-11-16/h4-12,14,19H,2-3,13H2,1H3. The smallest absolute Gasteiger partial charge is 0.128 e. The number of nitrogens with one attached hydrogen (secondary N) is 1. The van der Waals surface area contributed by atoms with Crippen molar-refractivity contribution in [2.24, 2.45) is 5.10 Å². The van der Waals surface area contributed by atoms with Crippen LogP contribution in [-0.2, 0) is 0 Å². The Morgan fingerprint density at radius 1 is 1.05 bits per heavy atom. The van der Waals surface area contributed by atoms with Crippen LogP contribution in [0.3, 0.4) is 0 Å². The van der Waals surface area contributed by atoms with E-state index in [1.165, 1.54) is 0 Å². The van der Waals surface area contributed by atoms with Gasteiger partial charge in [-0.25, -0.2) is 0 Å². The molecule has 0 heterocycles. The Morgan fingerprint density at radius 2 is 1.80 bits per heavy atom. The van der Waals surface area contributed by atoms with Gasteiger partial charge in [0.15, 0.2) is 0 Å². The van der Waals surface area contributed by atoms with Crippen LogP contribution in [0.2, 0.25) is 0 Å². The summed E-state index contributed by atoms with van der Waals surface area (Å²) in [5.41, 5.74) is 4.95. The highest BCUT2D eigenvalue weighted by Gasteiger charge is 1.99. The normalized spacial score (nSPS) is 10.7. The highest BCUT2D eigenvalue weighted by molar-refractivity contribution is 5.83. The highest BCUT2D eigenvalue weighted by atomic mass is 16.5. The van der Waals surface area contributed by atoms with E-state index in [0.29, 0.717) is 0 Å². The van der Waals surface area contributed by atoms with E-state index < -0.39 is 0 Å². The van der Waals surface area contributed by atoms with Crippen molar-refractivity contribution in [1.82, 2.24) is 0 Å². The molecule has 2 aromatic carbocycles. The van der Waals surface area contributed by atoms with E-state index in [0.717, 1.165) is 36.4 Å².